The molecule has 0 saturated heterocycles. The van der Waals surface area contributed by atoms with Gasteiger partial charge in [0.15, 0.2) is 0 Å². The van der Waals surface area contributed by atoms with E-state index >= 15 is 0 Å². The Morgan fingerprint density at radius 3 is 3.00 bits per heavy atom. The Morgan fingerprint density at radius 2 is 2.28 bits per heavy atom. The zero-order valence-electron chi connectivity index (χ0n) is 10.6. The molecule has 1 aromatic carbocycles. The Kier molecular flexibility index (Phi) is 7.74. The van der Waals surface area contributed by atoms with Crippen LogP contribution < -0.4 is 5.73 Å². The summed E-state index contributed by atoms with van der Waals surface area (Å²) in [5.41, 5.74) is 6.60. The lowest BCUT2D eigenvalue weighted by Crippen LogP contribution is -2.18. The molecule has 0 fully saturated rings. The highest BCUT2D eigenvalue weighted by molar-refractivity contribution is 9.10. The molecule has 0 aliphatic rings. The van der Waals surface area contributed by atoms with Crippen molar-refractivity contribution in [3.8, 4) is 0 Å². The van der Waals surface area contributed by atoms with Gasteiger partial charge < -0.3 is 15.6 Å². The summed E-state index contributed by atoms with van der Waals surface area (Å²) >= 11 is 4.95. The lowest BCUT2D eigenvalue weighted by molar-refractivity contribution is 0.0473. The number of nitrogens with two attached hydrogens (primary N) is 1. The van der Waals surface area contributed by atoms with Gasteiger partial charge >= 0.3 is 0 Å². The van der Waals surface area contributed by atoms with E-state index in [-0.39, 0.29) is 0 Å². The maximum atomic E-state index is 9.77. The number of anilines is 1. The van der Waals surface area contributed by atoms with Crippen molar-refractivity contribution in [3.63, 3.8) is 0 Å². The molecule has 0 amide bonds. The summed E-state index contributed by atoms with van der Waals surface area (Å²) < 4.78 is 6.37. The molecule has 0 heterocycles. The summed E-state index contributed by atoms with van der Waals surface area (Å²) in [5.74, 6) is 0.590. The van der Waals surface area contributed by atoms with Crippen LogP contribution in [0.5, 0.6) is 0 Å². The molecule has 0 spiro atoms. The minimum absolute atomic E-state index is 0.390. The third-order valence-corrected chi connectivity index (χ3v) is 4.07. The molecular weight excluding hydrogens is 314 g/mol. The van der Waals surface area contributed by atoms with E-state index in [9.17, 15) is 5.11 Å². The van der Waals surface area contributed by atoms with Crippen LogP contribution in [-0.2, 0) is 4.74 Å². The molecule has 0 aliphatic heterocycles. The largest absolute Gasteiger partial charge is 0.398 e. The Morgan fingerprint density at radius 1 is 1.50 bits per heavy atom. The van der Waals surface area contributed by atoms with E-state index in [1.807, 2.05) is 18.2 Å². The fraction of sp³-hybridized carbons (Fsp3) is 0.538. The van der Waals surface area contributed by atoms with E-state index in [1.165, 1.54) is 0 Å². The van der Waals surface area contributed by atoms with Crippen molar-refractivity contribution < 1.29 is 9.84 Å². The second-order valence-electron chi connectivity index (χ2n) is 4.08. The van der Waals surface area contributed by atoms with Gasteiger partial charge in [-0.15, -0.1) is 11.8 Å². The molecule has 18 heavy (non-hydrogen) atoms. The average molecular weight is 334 g/mol. The zero-order chi connectivity index (χ0) is 13.4. The van der Waals surface area contributed by atoms with Crippen molar-refractivity contribution in [1.82, 2.24) is 0 Å². The van der Waals surface area contributed by atoms with E-state index in [0.29, 0.717) is 12.4 Å². The minimum atomic E-state index is -0.453. The molecule has 0 bridgehead atoms. The second-order valence-corrected chi connectivity index (χ2v) is 6.05. The van der Waals surface area contributed by atoms with E-state index in [2.05, 4.69) is 22.9 Å². The Labute approximate surface area is 121 Å². The number of hydrogen-bond donors (Lipinski definition) is 2. The van der Waals surface area contributed by atoms with Gasteiger partial charge in [0.2, 0.25) is 0 Å². The highest BCUT2D eigenvalue weighted by Gasteiger charge is 2.07. The van der Waals surface area contributed by atoms with Crippen LogP contribution >= 0.6 is 27.7 Å². The maximum absolute atomic E-state index is 9.77. The van der Waals surface area contributed by atoms with Gasteiger partial charge in [0.1, 0.15) is 0 Å². The SMILES string of the molecule is CCCCOCC(O)CSc1cc(Br)ccc1N. The summed E-state index contributed by atoms with van der Waals surface area (Å²) in [6.45, 7) is 3.23. The summed E-state index contributed by atoms with van der Waals surface area (Å²) in [6, 6.07) is 5.73. The highest BCUT2D eigenvalue weighted by atomic mass is 79.9. The van der Waals surface area contributed by atoms with Crippen LogP contribution in [0, 0.1) is 0 Å². The molecule has 0 saturated carbocycles. The predicted octanol–water partition coefficient (Wildman–Crippen LogP) is 3.30. The molecule has 0 aromatic heterocycles. The van der Waals surface area contributed by atoms with E-state index in [4.69, 9.17) is 10.5 Å². The van der Waals surface area contributed by atoms with Crippen LogP contribution in [0.3, 0.4) is 0 Å². The third kappa shape index (κ3) is 6.09. The quantitative estimate of drug-likeness (QED) is 0.435. The van der Waals surface area contributed by atoms with Crippen molar-refractivity contribution in [1.29, 1.82) is 0 Å². The maximum Gasteiger partial charge on any atom is 0.0867 e. The van der Waals surface area contributed by atoms with Crippen molar-refractivity contribution in [2.75, 3.05) is 24.7 Å². The molecule has 3 N–H and O–H groups in total. The second kappa shape index (κ2) is 8.80. The van der Waals surface area contributed by atoms with Gasteiger partial charge in [0, 0.05) is 27.4 Å². The minimum Gasteiger partial charge on any atom is -0.398 e. The Bertz CT molecular complexity index is 363. The zero-order valence-corrected chi connectivity index (χ0v) is 13.0. The van der Waals surface area contributed by atoms with Gasteiger partial charge in [-0.25, -0.2) is 0 Å². The van der Waals surface area contributed by atoms with Crippen LogP contribution in [0.4, 0.5) is 5.69 Å². The van der Waals surface area contributed by atoms with Crippen molar-refractivity contribution in [2.45, 2.75) is 30.8 Å². The smallest absolute Gasteiger partial charge is 0.0867 e. The van der Waals surface area contributed by atoms with E-state index in [0.717, 1.165) is 34.5 Å². The van der Waals surface area contributed by atoms with Gasteiger partial charge in [-0.2, -0.15) is 0 Å². The molecule has 1 rings (SSSR count). The molecule has 5 heteroatoms. The predicted molar refractivity (Wildman–Crippen MR) is 81.0 cm³/mol. The van der Waals surface area contributed by atoms with Gasteiger partial charge in [-0.1, -0.05) is 29.3 Å². The number of unbranched alkanes of at least 4 members (excludes halogenated alkanes) is 1. The summed E-state index contributed by atoms with van der Waals surface area (Å²) in [6.07, 6.45) is 1.70. The van der Waals surface area contributed by atoms with E-state index < -0.39 is 6.10 Å². The molecule has 0 radical (unpaired) electrons. The van der Waals surface area contributed by atoms with Crippen LogP contribution in [0.15, 0.2) is 27.6 Å². The number of benzene rings is 1. The Balaban J connectivity index is 2.29. The first kappa shape index (κ1) is 15.8. The highest BCUT2D eigenvalue weighted by Crippen LogP contribution is 2.28. The molecule has 102 valence electrons. The first-order valence-electron chi connectivity index (χ1n) is 6.07. The van der Waals surface area contributed by atoms with Crippen molar-refractivity contribution >= 4 is 33.4 Å². The number of ether oxygens (including phenoxy) is 1. The molecule has 1 atom stereocenters. The first-order valence-corrected chi connectivity index (χ1v) is 7.85. The molecule has 1 unspecified atom stereocenters. The summed E-state index contributed by atoms with van der Waals surface area (Å²) in [5, 5.41) is 9.77. The van der Waals surface area contributed by atoms with Gasteiger partial charge in [-0.05, 0) is 24.6 Å². The third-order valence-electron chi connectivity index (χ3n) is 2.36. The summed E-state index contributed by atoms with van der Waals surface area (Å²) in [7, 11) is 0. The molecule has 3 nitrogen and oxygen atoms in total. The van der Waals surface area contributed by atoms with Crippen molar-refractivity contribution in [3.05, 3.63) is 22.7 Å². The number of halogens is 1. The summed E-state index contributed by atoms with van der Waals surface area (Å²) in [4.78, 5) is 0.983. The van der Waals surface area contributed by atoms with Gasteiger partial charge in [0.25, 0.3) is 0 Å². The van der Waals surface area contributed by atoms with Crippen molar-refractivity contribution in [2.24, 2.45) is 0 Å². The van der Waals surface area contributed by atoms with Crippen LogP contribution in [0.1, 0.15) is 19.8 Å². The van der Waals surface area contributed by atoms with E-state index in [1.54, 1.807) is 11.8 Å². The number of aliphatic hydroxyl groups excluding tert-OH is 1. The normalized spacial score (nSPS) is 12.6. The van der Waals surface area contributed by atoms with Crippen LogP contribution in [0.25, 0.3) is 0 Å². The molecule has 0 aliphatic carbocycles. The number of thioether (sulfide) groups is 1. The standard InChI is InChI=1S/C13H20BrNO2S/c1-2-3-6-17-8-11(16)9-18-13-7-10(14)4-5-12(13)15/h4-5,7,11,16H,2-3,6,8-9,15H2,1H3. The Hall–Kier alpha value is -0.230. The fourth-order valence-corrected chi connectivity index (χ4v) is 2.76. The van der Waals surface area contributed by atoms with Gasteiger partial charge in [0.05, 0.1) is 12.7 Å². The number of rotatable bonds is 8. The first-order chi connectivity index (χ1) is 8.63. The fourth-order valence-electron chi connectivity index (χ4n) is 1.33. The number of hydrogen-bond acceptors (Lipinski definition) is 4. The lowest BCUT2D eigenvalue weighted by atomic mass is 10.3. The van der Waals surface area contributed by atoms with Gasteiger partial charge in [-0.3, -0.25) is 0 Å². The average Bonchev–Trinajstić information content (AvgIpc) is 2.36. The number of nitrogen functional groups attached to an aromatic ring is 1. The molecule has 1 aromatic rings. The monoisotopic (exact) mass is 333 g/mol. The lowest BCUT2D eigenvalue weighted by Gasteiger charge is -2.12. The van der Waals surface area contributed by atoms with Crippen LogP contribution in [-0.4, -0.2) is 30.2 Å². The molecular formula is C13H20BrNO2S. The topological polar surface area (TPSA) is 55.5 Å². The number of aliphatic hydroxyl groups is 1. The van der Waals surface area contributed by atoms with Crippen LogP contribution in [0.2, 0.25) is 0 Å².